The van der Waals surface area contributed by atoms with Gasteiger partial charge >= 0.3 is 0 Å². The SMILES string of the molecule is C=C/C=C(\C=C/C)N(c1cccc(C)c1)c1cccc(-c2ccc3oc4ccccc4c3c2)c1. The lowest BCUT2D eigenvalue weighted by molar-refractivity contribution is 0.669. The molecule has 0 atom stereocenters. The van der Waals surface area contributed by atoms with E-state index in [1.165, 1.54) is 5.56 Å². The van der Waals surface area contributed by atoms with Crippen LogP contribution in [0, 0.1) is 6.92 Å². The van der Waals surface area contributed by atoms with Gasteiger partial charge < -0.3 is 9.32 Å². The monoisotopic (exact) mass is 441 g/mol. The van der Waals surface area contributed by atoms with E-state index < -0.39 is 0 Å². The number of benzene rings is 4. The lowest BCUT2D eigenvalue weighted by atomic mass is 10.0. The molecule has 0 aliphatic carbocycles. The fraction of sp³-hybridized carbons (Fsp3) is 0.0625. The summed E-state index contributed by atoms with van der Waals surface area (Å²) in [6, 6.07) is 31.9. The van der Waals surface area contributed by atoms with E-state index in [-0.39, 0.29) is 0 Å². The van der Waals surface area contributed by atoms with E-state index in [1.807, 2.05) is 31.2 Å². The molecule has 0 radical (unpaired) electrons. The zero-order valence-electron chi connectivity index (χ0n) is 19.5. The molecule has 1 aromatic heterocycles. The Hall–Kier alpha value is -4.30. The Morgan fingerprint density at radius 2 is 1.50 bits per heavy atom. The molecule has 4 aromatic carbocycles. The molecule has 0 saturated carbocycles. The van der Waals surface area contributed by atoms with Crippen molar-refractivity contribution in [1.82, 2.24) is 0 Å². The Morgan fingerprint density at radius 1 is 0.765 bits per heavy atom. The molecule has 0 aliphatic rings. The zero-order chi connectivity index (χ0) is 23.5. The second-order valence-corrected chi connectivity index (χ2v) is 8.36. The summed E-state index contributed by atoms with van der Waals surface area (Å²) in [5.74, 6) is 0. The van der Waals surface area contributed by atoms with Crippen molar-refractivity contribution in [3.05, 3.63) is 133 Å². The van der Waals surface area contributed by atoms with E-state index in [9.17, 15) is 0 Å². The van der Waals surface area contributed by atoms with Gasteiger partial charge in [0.15, 0.2) is 0 Å². The Balaban J connectivity index is 1.65. The molecule has 1 heterocycles. The van der Waals surface area contributed by atoms with E-state index in [2.05, 4.69) is 109 Å². The molecular formula is C32H27NO. The first-order chi connectivity index (χ1) is 16.7. The number of anilines is 2. The van der Waals surface area contributed by atoms with Gasteiger partial charge in [-0.25, -0.2) is 0 Å². The number of hydrogen-bond acceptors (Lipinski definition) is 2. The Labute approximate surface area is 200 Å². The molecule has 5 rings (SSSR count). The normalized spacial score (nSPS) is 12.0. The Kier molecular flexibility index (Phi) is 5.88. The second kappa shape index (κ2) is 9.29. The first-order valence-corrected chi connectivity index (χ1v) is 11.5. The molecule has 0 bridgehead atoms. The fourth-order valence-electron chi connectivity index (χ4n) is 4.44. The minimum atomic E-state index is 0.909. The average molecular weight is 442 g/mol. The molecule has 0 N–H and O–H groups in total. The van der Waals surface area contributed by atoms with Crippen molar-refractivity contribution in [3.63, 3.8) is 0 Å². The van der Waals surface area contributed by atoms with Gasteiger partial charge in [0.1, 0.15) is 11.2 Å². The lowest BCUT2D eigenvalue weighted by Gasteiger charge is -2.27. The first-order valence-electron chi connectivity index (χ1n) is 11.5. The van der Waals surface area contributed by atoms with Crippen LogP contribution in [-0.2, 0) is 0 Å². The van der Waals surface area contributed by atoms with E-state index >= 15 is 0 Å². The van der Waals surface area contributed by atoms with Gasteiger partial charge in [-0.05, 0) is 85.2 Å². The van der Waals surface area contributed by atoms with Crippen molar-refractivity contribution in [2.24, 2.45) is 0 Å². The van der Waals surface area contributed by atoms with Gasteiger partial charge in [0.2, 0.25) is 0 Å². The number of hydrogen-bond donors (Lipinski definition) is 0. The molecule has 34 heavy (non-hydrogen) atoms. The van der Waals surface area contributed by atoms with Crippen molar-refractivity contribution in [2.75, 3.05) is 4.90 Å². The lowest BCUT2D eigenvalue weighted by Crippen LogP contribution is -2.15. The van der Waals surface area contributed by atoms with Crippen LogP contribution in [0.1, 0.15) is 12.5 Å². The molecule has 2 heteroatoms. The van der Waals surface area contributed by atoms with Crippen molar-refractivity contribution in [1.29, 1.82) is 0 Å². The van der Waals surface area contributed by atoms with Crippen LogP contribution in [0.5, 0.6) is 0 Å². The van der Waals surface area contributed by atoms with Crippen LogP contribution in [0.25, 0.3) is 33.1 Å². The third-order valence-corrected chi connectivity index (χ3v) is 5.96. The van der Waals surface area contributed by atoms with Crippen molar-refractivity contribution in [2.45, 2.75) is 13.8 Å². The third-order valence-electron chi connectivity index (χ3n) is 5.96. The minimum Gasteiger partial charge on any atom is -0.456 e. The number of rotatable bonds is 6. The summed E-state index contributed by atoms with van der Waals surface area (Å²) >= 11 is 0. The number of aryl methyl sites for hydroxylation is 1. The van der Waals surface area contributed by atoms with Crippen molar-refractivity contribution >= 4 is 33.3 Å². The standard InChI is InChI=1S/C32H27NO/c1-4-10-26(11-5-2)33(27-14-8-12-23(3)20-27)28-15-9-13-24(21-28)25-18-19-32-30(22-25)29-16-6-7-17-31(29)34-32/h4-22H,1H2,2-3H3/b11-5-,26-10+. The van der Waals surface area contributed by atoms with Crippen LogP contribution in [0.15, 0.2) is 132 Å². The largest absolute Gasteiger partial charge is 0.456 e. The molecule has 166 valence electrons. The van der Waals surface area contributed by atoms with E-state index in [4.69, 9.17) is 4.42 Å². The van der Waals surface area contributed by atoms with Crippen LogP contribution < -0.4 is 4.90 Å². The summed E-state index contributed by atoms with van der Waals surface area (Å²) < 4.78 is 6.03. The van der Waals surface area contributed by atoms with E-state index in [1.54, 1.807) is 0 Å². The maximum Gasteiger partial charge on any atom is 0.135 e. The fourth-order valence-corrected chi connectivity index (χ4v) is 4.44. The molecule has 0 saturated heterocycles. The van der Waals surface area contributed by atoms with Crippen LogP contribution in [0.3, 0.4) is 0 Å². The number of furan rings is 1. The summed E-state index contributed by atoms with van der Waals surface area (Å²) in [5, 5.41) is 2.27. The predicted molar refractivity (Wildman–Crippen MR) is 146 cm³/mol. The van der Waals surface area contributed by atoms with Crippen LogP contribution in [0.2, 0.25) is 0 Å². The molecule has 0 aliphatic heterocycles. The molecule has 0 amide bonds. The van der Waals surface area contributed by atoms with Gasteiger partial charge in [-0.2, -0.15) is 0 Å². The quantitative estimate of drug-likeness (QED) is 0.244. The number of para-hydroxylation sites is 1. The molecule has 2 nitrogen and oxygen atoms in total. The van der Waals surface area contributed by atoms with Gasteiger partial charge in [-0.3, -0.25) is 0 Å². The van der Waals surface area contributed by atoms with E-state index in [0.29, 0.717) is 0 Å². The van der Waals surface area contributed by atoms with E-state index in [0.717, 1.165) is 50.1 Å². The second-order valence-electron chi connectivity index (χ2n) is 8.36. The third kappa shape index (κ3) is 4.06. The summed E-state index contributed by atoms with van der Waals surface area (Å²) in [5.41, 5.74) is 8.61. The molecule has 5 aromatic rings. The predicted octanol–water partition coefficient (Wildman–Crippen LogP) is 9.35. The average Bonchev–Trinajstić information content (AvgIpc) is 3.23. The summed E-state index contributed by atoms with van der Waals surface area (Å²) in [4.78, 5) is 2.27. The van der Waals surface area contributed by atoms with Gasteiger partial charge in [0.05, 0.1) is 0 Å². The number of nitrogens with zero attached hydrogens (tertiary/aromatic N) is 1. The van der Waals surface area contributed by atoms with Gasteiger partial charge in [-0.1, -0.05) is 67.3 Å². The first kappa shape index (κ1) is 21.5. The van der Waals surface area contributed by atoms with Gasteiger partial charge in [-0.15, -0.1) is 0 Å². The van der Waals surface area contributed by atoms with Crippen LogP contribution in [-0.4, -0.2) is 0 Å². The summed E-state index contributed by atoms with van der Waals surface area (Å²) in [7, 11) is 0. The molecule has 0 spiro atoms. The molecular weight excluding hydrogens is 414 g/mol. The van der Waals surface area contributed by atoms with Gasteiger partial charge in [0, 0.05) is 27.8 Å². The molecule has 0 unspecified atom stereocenters. The van der Waals surface area contributed by atoms with Crippen molar-refractivity contribution < 1.29 is 4.42 Å². The van der Waals surface area contributed by atoms with Gasteiger partial charge in [0.25, 0.3) is 0 Å². The highest BCUT2D eigenvalue weighted by Crippen LogP contribution is 2.36. The maximum atomic E-state index is 6.03. The Bertz CT molecular complexity index is 1550. The maximum absolute atomic E-state index is 6.03. The highest BCUT2D eigenvalue weighted by Gasteiger charge is 2.15. The highest BCUT2D eigenvalue weighted by atomic mass is 16.3. The molecule has 0 fully saturated rings. The summed E-state index contributed by atoms with van der Waals surface area (Å²) in [6.45, 7) is 8.09. The smallest absolute Gasteiger partial charge is 0.135 e. The highest BCUT2D eigenvalue weighted by molar-refractivity contribution is 6.06. The van der Waals surface area contributed by atoms with Crippen LogP contribution >= 0.6 is 0 Å². The minimum absolute atomic E-state index is 0.909. The van der Waals surface area contributed by atoms with Crippen molar-refractivity contribution in [3.8, 4) is 11.1 Å². The Morgan fingerprint density at radius 3 is 2.29 bits per heavy atom. The summed E-state index contributed by atoms with van der Waals surface area (Å²) in [6.07, 6.45) is 8.04. The topological polar surface area (TPSA) is 16.4 Å². The van der Waals surface area contributed by atoms with Crippen LogP contribution in [0.4, 0.5) is 11.4 Å². The zero-order valence-corrected chi connectivity index (χ0v) is 19.5. The number of allylic oxidation sites excluding steroid dienone is 4. The number of fused-ring (bicyclic) bond motifs is 3.